The molecule has 1 saturated heterocycles. The zero-order chi connectivity index (χ0) is 10.6. The number of amides is 1. The Balaban J connectivity index is 2.23. The minimum atomic E-state index is -0.456. The van der Waals surface area contributed by atoms with Gasteiger partial charge in [-0.1, -0.05) is 0 Å². The van der Waals surface area contributed by atoms with Gasteiger partial charge in [-0.3, -0.25) is 0 Å². The Morgan fingerprint density at radius 3 is 3.00 bits per heavy atom. The molecule has 2 atom stereocenters. The van der Waals surface area contributed by atoms with Crippen molar-refractivity contribution in [1.82, 2.24) is 4.90 Å². The van der Waals surface area contributed by atoms with E-state index in [1.54, 1.807) is 11.8 Å². The van der Waals surface area contributed by atoms with Crippen molar-refractivity contribution in [2.75, 3.05) is 26.8 Å². The summed E-state index contributed by atoms with van der Waals surface area (Å²) in [5, 5.41) is 9.00. The van der Waals surface area contributed by atoms with E-state index in [-0.39, 0.29) is 12.2 Å². The molecule has 5 heteroatoms. The molecule has 1 rings (SSSR count). The van der Waals surface area contributed by atoms with Crippen LogP contribution in [-0.4, -0.2) is 55.1 Å². The predicted octanol–water partition coefficient (Wildman–Crippen LogP) is 0.224. The van der Waals surface area contributed by atoms with E-state index in [0.29, 0.717) is 19.7 Å². The quantitative estimate of drug-likeness (QED) is 0.713. The van der Waals surface area contributed by atoms with Crippen LogP contribution < -0.4 is 0 Å². The van der Waals surface area contributed by atoms with Crippen molar-refractivity contribution in [3.63, 3.8) is 0 Å². The summed E-state index contributed by atoms with van der Waals surface area (Å²) < 4.78 is 9.98. The number of hydrogen-bond donors (Lipinski definition) is 1. The number of carbonyl (C=O) groups is 1. The summed E-state index contributed by atoms with van der Waals surface area (Å²) in [4.78, 5) is 12.7. The molecule has 82 valence electrons. The third-order valence-corrected chi connectivity index (χ3v) is 2.15. The number of aliphatic hydroxyl groups excluding tert-OH is 1. The topological polar surface area (TPSA) is 59.0 Å². The summed E-state index contributed by atoms with van der Waals surface area (Å²) in [5.41, 5.74) is 0. The molecule has 1 N–H and O–H groups in total. The van der Waals surface area contributed by atoms with Crippen molar-refractivity contribution in [2.45, 2.75) is 25.6 Å². The zero-order valence-electron chi connectivity index (χ0n) is 8.60. The van der Waals surface area contributed by atoms with Crippen LogP contribution in [0.25, 0.3) is 0 Å². The normalized spacial score (nSPS) is 23.6. The van der Waals surface area contributed by atoms with E-state index in [1.807, 2.05) is 0 Å². The van der Waals surface area contributed by atoms with Crippen molar-refractivity contribution in [1.29, 1.82) is 0 Å². The molecule has 14 heavy (non-hydrogen) atoms. The van der Waals surface area contributed by atoms with E-state index in [2.05, 4.69) is 4.74 Å². The summed E-state index contributed by atoms with van der Waals surface area (Å²) in [5.74, 6) is 0. The second kappa shape index (κ2) is 5.17. The Morgan fingerprint density at radius 1 is 1.71 bits per heavy atom. The molecule has 0 aromatic heterocycles. The second-order valence-corrected chi connectivity index (χ2v) is 3.51. The lowest BCUT2D eigenvalue weighted by Crippen LogP contribution is -2.30. The molecule has 0 aromatic carbocycles. The van der Waals surface area contributed by atoms with Crippen LogP contribution in [0.5, 0.6) is 0 Å². The molecule has 0 bridgehead atoms. The van der Waals surface area contributed by atoms with E-state index in [4.69, 9.17) is 9.84 Å². The fourth-order valence-corrected chi connectivity index (χ4v) is 1.43. The monoisotopic (exact) mass is 203 g/mol. The molecule has 0 aliphatic carbocycles. The Labute approximate surface area is 83.6 Å². The lowest BCUT2D eigenvalue weighted by Gasteiger charge is -2.15. The van der Waals surface area contributed by atoms with Crippen LogP contribution >= 0.6 is 0 Å². The van der Waals surface area contributed by atoms with Gasteiger partial charge < -0.3 is 19.5 Å². The van der Waals surface area contributed by atoms with Gasteiger partial charge in [0, 0.05) is 6.54 Å². The molecule has 1 aliphatic rings. The first-order valence-corrected chi connectivity index (χ1v) is 4.76. The van der Waals surface area contributed by atoms with Gasteiger partial charge in [-0.25, -0.2) is 4.79 Å². The number of ether oxygens (including phenoxy) is 2. The van der Waals surface area contributed by atoms with E-state index in [9.17, 15) is 4.79 Å². The molecule has 1 aliphatic heterocycles. The van der Waals surface area contributed by atoms with E-state index >= 15 is 0 Å². The largest absolute Gasteiger partial charge is 0.453 e. The lowest BCUT2D eigenvalue weighted by atomic mass is 10.3. The van der Waals surface area contributed by atoms with Crippen LogP contribution in [0.15, 0.2) is 0 Å². The number of rotatable bonds is 3. The highest BCUT2D eigenvalue weighted by atomic mass is 16.5. The average molecular weight is 203 g/mol. The van der Waals surface area contributed by atoms with Crippen LogP contribution in [0, 0.1) is 0 Å². The van der Waals surface area contributed by atoms with Crippen molar-refractivity contribution < 1.29 is 19.4 Å². The minimum Gasteiger partial charge on any atom is -0.453 e. The van der Waals surface area contributed by atoms with Crippen LogP contribution in [0.1, 0.15) is 13.3 Å². The number of methoxy groups -OCH3 is 1. The third-order valence-electron chi connectivity index (χ3n) is 2.15. The third kappa shape index (κ3) is 3.16. The van der Waals surface area contributed by atoms with Crippen molar-refractivity contribution in [3.8, 4) is 0 Å². The number of carbonyl (C=O) groups excluding carboxylic acids is 1. The molecule has 1 fully saturated rings. The van der Waals surface area contributed by atoms with Gasteiger partial charge in [-0.2, -0.15) is 0 Å². The molecular formula is C9H17NO4. The van der Waals surface area contributed by atoms with Crippen LogP contribution in [0.3, 0.4) is 0 Å². The van der Waals surface area contributed by atoms with Crippen molar-refractivity contribution in [3.05, 3.63) is 0 Å². The van der Waals surface area contributed by atoms with Gasteiger partial charge in [0.25, 0.3) is 0 Å². The first-order chi connectivity index (χ1) is 6.63. The highest BCUT2D eigenvalue weighted by molar-refractivity contribution is 5.67. The first-order valence-electron chi connectivity index (χ1n) is 4.76. The van der Waals surface area contributed by atoms with Gasteiger partial charge in [0.1, 0.15) is 0 Å². The molecule has 0 spiro atoms. The summed E-state index contributed by atoms with van der Waals surface area (Å²) in [7, 11) is 1.37. The van der Waals surface area contributed by atoms with E-state index in [0.717, 1.165) is 6.42 Å². The number of likely N-dealkylation sites (tertiary alicyclic amines) is 1. The summed E-state index contributed by atoms with van der Waals surface area (Å²) in [6, 6.07) is 0. The molecule has 2 unspecified atom stereocenters. The Hall–Kier alpha value is -0.810. The standard InChI is InChI=1S/C9H17NO4/c1-7(11)6-14-8-3-4-10(5-8)9(12)13-2/h7-8,11H,3-6H2,1-2H3. The SMILES string of the molecule is COC(=O)N1CCC(OCC(C)O)C1. The Kier molecular flexibility index (Phi) is 4.16. The molecule has 0 aromatic rings. The maximum Gasteiger partial charge on any atom is 0.409 e. The predicted molar refractivity (Wildman–Crippen MR) is 50.0 cm³/mol. The van der Waals surface area contributed by atoms with Crippen molar-refractivity contribution >= 4 is 6.09 Å². The molecule has 0 radical (unpaired) electrons. The maximum absolute atomic E-state index is 11.1. The van der Waals surface area contributed by atoms with Gasteiger partial charge in [-0.15, -0.1) is 0 Å². The lowest BCUT2D eigenvalue weighted by molar-refractivity contribution is 0.00220. The Bertz CT molecular complexity index is 195. The minimum absolute atomic E-state index is 0.0312. The van der Waals surface area contributed by atoms with Gasteiger partial charge in [0.15, 0.2) is 0 Å². The molecule has 1 amide bonds. The second-order valence-electron chi connectivity index (χ2n) is 3.51. The first kappa shape index (κ1) is 11.3. The van der Waals surface area contributed by atoms with E-state index < -0.39 is 6.10 Å². The maximum atomic E-state index is 11.1. The number of nitrogens with zero attached hydrogens (tertiary/aromatic N) is 1. The fourth-order valence-electron chi connectivity index (χ4n) is 1.43. The molecular weight excluding hydrogens is 186 g/mol. The smallest absolute Gasteiger partial charge is 0.409 e. The van der Waals surface area contributed by atoms with Crippen LogP contribution in [0.2, 0.25) is 0 Å². The fraction of sp³-hybridized carbons (Fsp3) is 0.889. The van der Waals surface area contributed by atoms with Gasteiger partial charge >= 0.3 is 6.09 Å². The van der Waals surface area contributed by atoms with Gasteiger partial charge in [0.2, 0.25) is 0 Å². The summed E-state index contributed by atoms with van der Waals surface area (Å²) in [6.07, 6.45) is 0.0703. The number of aliphatic hydroxyl groups is 1. The average Bonchev–Trinajstić information content (AvgIpc) is 2.62. The van der Waals surface area contributed by atoms with E-state index in [1.165, 1.54) is 7.11 Å². The highest BCUT2D eigenvalue weighted by Gasteiger charge is 2.27. The molecule has 0 saturated carbocycles. The van der Waals surface area contributed by atoms with Gasteiger partial charge in [0.05, 0.1) is 32.5 Å². The van der Waals surface area contributed by atoms with Gasteiger partial charge in [-0.05, 0) is 13.3 Å². The summed E-state index contributed by atoms with van der Waals surface area (Å²) in [6.45, 7) is 3.21. The van der Waals surface area contributed by atoms with Crippen molar-refractivity contribution in [2.24, 2.45) is 0 Å². The molecule has 1 heterocycles. The summed E-state index contributed by atoms with van der Waals surface area (Å²) >= 11 is 0. The van der Waals surface area contributed by atoms with Crippen LogP contribution in [0.4, 0.5) is 4.79 Å². The zero-order valence-corrected chi connectivity index (χ0v) is 8.60. The Morgan fingerprint density at radius 2 is 2.43 bits per heavy atom. The van der Waals surface area contributed by atoms with Crippen LogP contribution in [-0.2, 0) is 9.47 Å². The molecule has 5 nitrogen and oxygen atoms in total. The number of hydrogen-bond acceptors (Lipinski definition) is 4. The highest BCUT2D eigenvalue weighted by Crippen LogP contribution is 2.13.